The van der Waals surface area contributed by atoms with Crippen molar-refractivity contribution in [3.63, 3.8) is 0 Å². The molecule has 0 heterocycles. The number of benzene rings is 2. The molecule has 84 valence electrons. The molecule has 16 heavy (non-hydrogen) atoms. The molecular formula is C14H17NO. The fourth-order valence-corrected chi connectivity index (χ4v) is 2.01. The highest BCUT2D eigenvalue weighted by molar-refractivity contribution is 5.91. The second-order valence-electron chi connectivity index (χ2n) is 3.91. The minimum Gasteiger partial charge on any atom is -0.496 e. The third-order valence-electron chi connectivity index (χ3n) is 3.04. The standard InChI is InChI=1S/C14H17NO/c1-10(15-2)11-8-9-14(16-3)13-7-5-4-6-12(11)13/h4-10,15H,1-3H3. The Hall–Kier alpha value is -1.54. The molecule has 2 aromatic carbocycles. The van der Waals surface area contributed by atoms with E-state index in [1.165, 1.54) is 16.3 Å². The van der Waals surface area contributed by atoms with Crippen LogP contribution in [-0.2, 0) is 0 Å². The summed E-state index contributed by atoms with van der Waals surface area (Å²) in [4.78, 5) is 0. The molecule has 0 saturated heterocycles. The smallest absolute Gasteiger partial charge is 0.126 e. The average molecular weight is 215 g/mol. The Morgan fingerprint density at radius 2 is 1.75 bits per heavy atom. The van der Waals surface area contributed by atoms with E-state index in [-0.39, 0.29) is 0 Å². The summed E-state index contributed by atoms with van der Waals surface area (Å²) in [5.41, 5.74) is 1.30. The molecule has 0 saturated carbocycles. The van der Waals surface area contributed by atoms with Crippen LogP contribution in [0.25, 0.3) is 10.8 Å². The first kappa shape index (κ1) is 11.0. The molecule has 0 radical (unpaired) electrons. The summed E-state index contributed by atoms with van der Waals surface area (Å²) in [5.74, 6) is 0.933. The molecule has 1 unspecified atom stereocenters. The molecule has 0 aliphatic rings. The van der Waals surface area contributed by atoms with Crippen molar-refractivity contribution in [2.45, 2.75) is 13.0 Å². The second kappa shape index (κ2) is 4.54. The normalized spacial score (nSPS) is 12.7. The second-order valence-corrected chi connectivity index (χ2v) is 3.91. The van der Waals surface area contributed by atoms with Crippen molar-refractivity contribution in [1.82, 2.24) is 5.32 Å². The van der Waals surface area contributed by atoms with Crippen LogP contribution in [-0.4, -0.2) is 14.2 Å². The molecule has 2 aromatic rings. The van der Waals surface area contributed by atoms with E-state index >= 15 is 0 Å². The van der Waals surface area contributed by atoms with Gasteiger partial charge in [-0.05, 0) is 31.0 Å². The lowest BCUT2D eigenvalue weighted by Gasteiger charge is -2.15. The summed E-state index contributed by atoms with van der Waals surface area (Å²) in [6, 6.07) is 12.8. The van der Waals surface area contributed by atoms with Crippen molar-refractivity contribution in [1.29, 1.82) is 0 Å². The lowest BCUT2D eigenvalue weighted by Crippen LogP contribution is -2.12. The fourth-order valence-electron chi connectivity index (χ4n) is 2.01. The van der Waals surface area contributed by atoms with Gasteiger partial charge in [0.25, 0.3) is 0 Å². The molecule has 0 fully saturated rings. The quantitative estimate of drug-likeness (QED) is 0.849. The summed E-state index contributed by atoms with van der Waals surface area (Å²) in [7, 11) is 3.69. The van der Waals surface area contributed by atoms with Crippen molar-refractivity contribution < 1.29 is 4.74 Å². The molecule has 2 nitrogen and oxygen atoms in total. The Morgan fingerprint density at radius 3 is 2.38 bits per heavy atom. The fraction of sp³-hybridized carbons (Fsp3) is 0.286. The monoisotopic (exact) mass is 215 g/mol. The predicted molar refractivity (Wildman–Crippen MR) is 68.0 cm³/mol. The molecule has 0 bridgehead atoms. The first-order valence-electron chi connectivity index (χ1n) is 5.51. The lowest BCUT2D eigenvalue weighted by atomic mass is 9.99. The van der Waals surface area contributed by atoms with Crippen LogP contribution in [0.2, 0.25) is 0 Å². The topological polar surface area (TPSA) is 21.3 Å². The number of hydrogen-bond acceptors (Lipinski definition) is 2. The maximum atomic E-state index is 5.38. The van der Waals surface area contributed by atoms with Gasteiger partial charge >= 0.3 is 0 Å². The Labute approximate surface area is 96.2 Å². The molecule has 1 atom stereocenters. The number of hydrogen-bond donors (Lipinski definition) is 1. The van der Waals surface area contributed by atoms with Crippen molar-refractivity contribution in [3.8, 4) is 5.75 Å². The molecule has 0 aliphatic heterocycles. The number of methoxy groups -OCH3 is 1. The van der Waals surface area contributed by atoms with Crippen molar-refractivity contribution >= 4 is 10.8 Å². The van der Waals surface area contributed by atoms with Crippen LogP contribution in [0, 0.1) is 0 Å². The van der Waals surface area contributed by atoms with E-state index in [2.05, 4.69) is 36.5 Å². The van der Waals surface area contributed by atoms with Crippen LogP contribution in [0.1, 0.15) is 18.5 Å². The molecule has 2 heteroatoms. The zero-order valence-corrected chi connectivity index (χ0v) is 9.95. The first-order valence-corrected chi connectivity index (χ1v) is 5.51. The van der Waals surface area contributed by atoms with Crippen molar-refractivity contribution in [2.24, 2.45) is 0 Å². The minimum atomic E-state index is 0.343. The van der Waals surface area contributed by atoms with E-state index in [1.54, 1.807) is 7.11 Å². The van der Waals surface area contributed by atoms with E-state index in [4.69, 9.17) is 4.74 Å². The number of ether oxygens (including phenoxy) is 1. The van der Waals surface area contributed by atoms with Crippen LogP contribution in [0.4, 0.5) is 0 Å². The molecular weight excluding hydrogens is 198 g/mol. The van der Waals surface area contributed by atoms with Gasteiger partial charge in [0.15, 0.2) is 0 Å². The van der Waals surface area contributed by atoms with Gasteiger partial charge in [0, 0.05) is 11.4 Å². The first-order chi connectivity index (χ1) is 7.77. The van der Waals surface area contributed by atoms with Gasteiger partial charge in [-0.15, -0.1) is 0 Å². The van der Waals surface area contributed by atoms with E-state index in [0.717, 1.165) is 5.75 Å². The Balaban J connectivity index is 2.69. The van der Waals surface area contributed by atoms with Crippen LogP contribution in [0.5, 0.6) is 5.75 Å². The van der Waals surface area contributed by atoms with Gasteiger partial charge in [-0.1, -0.05) is 30.3 Å². The summed E-state index contributed by atoms with van der Waals surface area (Å²) >= 11 is 0. The van der Waals surface area contributed by atoms with Gasteiger partial charge in [-0.25, -0.2) is 0 Å². The SMILES string of the molecule is CNC(C)c1ccc(OC)c2ccccc12. The third kappa shape index (κ3) is 1.76. The number of nitrogens with one attached hydrogen (secondary N) is 1. The van der Waals surface area contributed by atoms with Crippen molar-refractivity contribution in [2.75, 3.05) is 14.2 Å². The van der Waals surface area contributed by atoms with Gasteiger partial charge in [0.05, 0.1) is 7.11 Å². The molecule has 0 spiro atoms. The Morgan fingerprint density at radius 1 is 1.06 bits per heavy atom. The maximum Gasteiger partial charge on any atom is 0.126 e. The molecule has 0 aliphatic carbocycles. The third-order valence-corrected chi connectivity index (χ3v) is 3.04. The maximum absolute atomic E-state index is 5.38. The highest BCUT2D eigenvalue weighted by Crippen LogP contribution is 2.31. The summed E-state index contributed by atoms with van der Waals surface area (Å²) in [6.45, 7) is 2.16. The van der Waals surface area contributed by atoms with E-state index in [9.17, 15) is 0 Å². The van der Waals surface area contributed by atoms with Gasteiger partial charge in [-0.2, -0.15) is 0 Å². The largest absolute Gasteiger partial charge is 0.496 e. The highest BCUT2D eigenvalue weighted by Gasteiger charge is 2.09. The van der Waals surface area contributed by atoms with E-state index in [1.807, 2.05) is 19.2 Å². The van der Waals surface area contributed by atoms with E-state index in [0.29, 0.717) is 6.04 Å². The molecule has 2 rings (SSSR count). The number of fused-ring (bicyclic) bond motifs is 1. The van der Waals surface area contributed by atoms with E-state index < -0.39 is 0 Å². The lowest BCUT2D eigenvalue weighted by molar-refractivity contribution is 0.419. The zero-order chi connectivity index (χ0) is 11.5. The Bertz CT molecular complexity index is 493. The van der Waals surface area contributed by atoms with Crippen LogP contribution in [0.15, 0.2) is 36.4 Å². The van der Waals surface area contributed by atoms with Gasteiger partial charge in [0.1, 0.15) is 5.75 Å². The van der Waals surface area contributed by atoms with Gasteiger partial charge in [0.2, 0.25) is 0 Å². The van der Waals surface area contributed by atoms with Crippen LogP contribution < -0.4 is 10.1 Å². The minimum absolute atomic E-state index is 0.343. The summed E-state index contributed by atoms with van der Waals surface area (Å²) in [5, 5.41) is 5.69. The van der Waals surface area contributed by atoms with Gasteiger partial charge < -0.3 is 10.1 Å². The highest BCUT2D eigenvalue weighted by atomic mass is 16.5. The zero-order valence-electron chi connectivity index (χ0n) is 9.95. The summed E-state index contributed by atoms with van der Waals surface area (Å²) in [6.07, 6.45) is 0. The van der Waals surface area contributed by atoms with Crippen LogP contribution >= 0.6 is 0 Å². The number of rotatable bonds is 3. The Kier molecular flexibility index (Phi) is 3.11. The van der Waals surface area contributed by atoms with Gasteiger partial charge in [-0.3, -0.25) is 0 Å². The van der Waals surface area contributed by atoms with Crippen molar-refractivity contribution in [3.05, 3.63) is 42.0 Å². The molecule has 0 amide bonds. The average Bonchev–Trinajstić information content (AvgIpc) is 2.36. The van der Waals surface area contributed by atoms with Crippen LogP contribution in [0.3, 0.4) is 0 Å². The molecule has 1 N–H and O–H groups in total. The molecule has 0 aromatic heterocycles. The summed E-state index contributed by atoms with van der Waals surface area (Å²) < 4.78 is 5.38. The predicted octanol–water partition coefficient (Wildman–Crippen LogP) is 3.13.